The zero-order valence-corrected chi connectivity index (χ0v) is 15.8. The number of hydrogen-bond acceptors (Lipinski definition) is 3. The zero-order valence-electron chi connectivity index (χ0n) is 15.8. The number of benzene rings is 1. The Hall–Kier alpha value is -1.55. The maximum Gasteiger partial charge on any atom is 0.407 e. The molecule has 1 atom stereocenters. The Bertz CT molecular complexity index is 586. The number of carbonyl (C=O) groups excluding carboxylic acids is 1. The van der Waals surface area contributed by atoms with Crippen LogP contribution in [0.4, 0.5) is 4.79 Å². The lowest BCUT2D eigenvalue weighted by atomic mass is 9.85. The number of nitrogens with one attached hydrogen (secondary N) is 2. The SMILES string of the molecule is CC(C)(C)OC(=O)NC1CCC(NC2CCCc3ccccc32)CC1. The van der Waals surface area contributed by atoms with Crippen molar-refractivity contribution in [2.24, 2.45) is 0 Å². The van der Waals surface area contributed by atoms with Crippen LogP contribution >= 0.6 is 0 Å². The van der Waals surface area contributed by atoms with Crippen LogP contribution in [0.1, 0.15) is 76.5 Å². The van der Waals surface area contributed by atoms with E-state index < -0.39 is 5.60 Å². The van der Waals surface area contributed by atoms with Crippen LogP contribution in [0, 0.1) is 0 Å². The van der Waals surface area contributed by atoms with Gasteiger partial charge in [0, 0.05) is 18.1 Å². The molecule has 1 amide bonds. The Kier molecular flexibility index (Phi) is 5.67. The third-order valence-electron chi connectivity index (χ3n) is 5.25. The van der Waals surface area contributed by atoms with E-state index in [1.54, 1.807) is 0 Å². The number of alkyl carbamates (subject to hydrolysis) is 1. The molecule has 1 saturated carbocycles. The molecule has 0 aromatic heterocycles. The maximum atomic E-state index is 11.9. The Balaban J connectivity index is 1.47. The second-order valence-corrected chi connectivity index (χ2v) is 8.51. The van der Waals surface area contributed by atoms with E-state index >= 15 is 0 Å². The van der Waals surface area contributed by atoms with E-state index in [4.69, 9.17) is 4.74 Å². The van der Waals surface area contributed by atoms with Gasteiger partial charge < -0.3 is 15.4 Å². The molecule has 1 fully saturated rings. The van der Waals surface area contributed by atoms with E-state index in [1.165, 1.54) is 30.4 Å². The fourth-order valence-corrected chi connectivity index (χ4v) is 4.09. The van der Waals surface area contributed by atoms with Gasteiger partial charge in [-0.25, -0.2) is 4.79 Å². The molecule has 0 radical (unpaired) electrons. The molecule has 3 rings (SSSR count). The molecule has 138 valence electrons. The smallest absolute Gasteiger partial charge is 0.407 e. The Morgan fingerprint density at radius 1 is 1.04 bits per heavy atom. The molecule has 1 unspecified atom stereocenters. The topological polar surface area (TPSA) is 50.4 Å². The summed E-state index contributed by atoms with van der Waals surface area (Å²) in [6.45, 7) is 5.69. The average Bonchev–Trinajstić information content (AvgIpc) is 2.55. The fourth-order valence-electron chi connectivity index (χ4n) is 4.09. The highest BCUT2D eigenvalue weighted by Crippen LogP contribution is 2.31. The minimum absolute atomic E-state index is 0.242. The predicted molar refractivity (Wildman–Crippen MR) is 101 cm³/mol. The van der Waals surface area contributed by atoms with Crippen molar-refractivity contribution in [1.82, 2.24) is 10.6 Å². The van der Waals surface area contributed by atoms with Gasteiger partial charge in [0.2, 0.25) is 0 Å². The Morgan fingerprint density at radius 2 is 1.72 bits per heavy atom. The Morgan fingerprint density at radius 3 is 2.44 bits per heavy atom. The van der Waals surface area contributed by atoms with Crippen molar-refractivity contribution in [3.05, 3.63) is 35.4 Å². The molecular weight excluding hydrogens is 312 g/mol. The molecule has 4 heteroatoms. The van der Waals surface area contributed by atoms with Crippen molar-refractivity contribution in [2.45, 2.75) is 89.4 Å². The highest BCUT2D eigenvalue weighted by molar-refractivity contribution is 5.68. The van der Waals surface area contributed by atoms with Crippen molar-refractivity contribution in [3.63, 3.8) is 0 Å². The van der Waals surface area contributed by atoms with Gasteiger partial charge in [-0.2, -0.15) is 0 Å². The van der Waals surface area contributed by atoms with Gasteiger partial charge in [0.1, 0.15) is 5.60 Å². The molecule has 0 saturated heterocycles. The monoisotopic (exact) mass is 344 g/mol. The number of amides is 1. The first kappa shape index (κ1) is 18.2. The summed E-state index contributed by atoms with van der Waals surface area (Å²) in [5.41, 5.74) is 2.56. The summed E-state index contributed by atoms with van der Waals surface area (Å²) in [5.74, 6) is 0. The Labute approximate surface area is 151 Å². The van der Waals surface area contributed by atoms with E-state index in [2.05, 4.69) is 34.9 Å². The lowest BCUT2D eigenvalue weighted by Gasteiger charge is -2.35. The maximum absolute atomic E-state index is 11.9. The molecule has 2 aliphatic rings. The molecule has 25 heavy (non-hydrogen) atoms. The molecule has 0 bridgehead atoms. The largest absolute Gasteiger partial charge is 0.444 e. The molecule has 0 spiro atoms. The van der Waals surface area contributed by atoms with Crippen molar-refractivity contribution in [3.8, 4) is 0 Å². The van der Waals surface area contributed by atoms with E-state index in [0.717, 1.165) is 25.7 Å². The summed E-state index contributed by atoms with van der Waals surface area (Å²) in [7, 11) is 0. The average molecular weight is 344 g/mol. The van der Waals surface area contributed by atoms with Crippen molar-refractivity contribution < 1.29 is 9.53 Å². The van der Waals surface area contributed by atoms with Crippen LogP contribution in [0.5, 0.6) is 0 Å². The molecular formula is C21H32N2O2. The minimum atomic E-state index is -0.433. The summed E-state index contributed by atoms with van der Waals surface area (Å²) in [4.78, 5) is 11.9. The standard InChI is InChI=1S/C21H32N2O2/c1-21(2,3)25-20(24)23-17-13-11-16(12-14-17)22-19-10-6-8-15-7-4-5-9-18(15)19/h4-5,7,9,16-17,19,22H,6,8,10-14H2,1-3H3,(H,23,24). The van der Waals surface area contributed by atoms with Crippen LogP contribution in [0.15, 0.2) is 24.3 Å². The number of fused-ring (bicyclic) bond motifs is 1. The summed E-state index contributed by atoms with van der Waals surface area (Å²) in [5, 5.41) is 6.91. The first-order chi connectivity index (χ1) is 11.9. The van der Waals surface area contributed by atoms with Crippen LogP contribution in [-0.2, 0) is 11.2 Å². The van der Waals surface area contributed by atoms with Gasteiger partial charge in [-0.05, 0) is 76.8 Å². The van der Waals surface area contributed by atoms with Crippen LogP contribution in [0.2, 0.25) is 0 Å². The van der Waals surface area contributed by atoms with Crippen molar-refractivity contribution in [2.75, 3.05) is 0 Å². The summed E-state index contributed by atoms with van der Waals surface area (Å²) in [6, 6.07) is 10.1. The first-order valence-corrected chi connectivity index (χ1v) is 9.74. The van der Waals surface area contributed by atoms with Crippen molar-refractivity contribution in [1.29, 1.82) is 0 Å². The lowest BCUT2D eigenvalue weighted by molar-refractivity contribution is 0.0489. The number of aryl methyl sites for hydroxylation is 1. The van der Waals surface area contributed by atoms with E-state index in [9.17, 15) is 4.79 Å². The van der Waals surface area contributed by atoms with Gasteiger partial charge in [-0.1, -0.05) is 24.3 Å². The predicted octanol–water partition coefficient (Wildman–Crippen LogP) is 4.49. The summed E-state index contributed by atoms with van der Waals surface area (Å²) < 4.78 is 5.36. The molecule has 0 heterocycles. The summed E-state index contributed by atoms with van der Waals surface area (Å²) in [6.07, 6.45) is 7.68. The minimum Gasteiger partial charge on any atom is -0.444 e. The van der Waals surface area contributed by atoms with Gasteiger partial charge in [0.25, 0.3) is 0 Å². The number of rotatable bonds is 3. The van der Waals surface area contributed by atoms with Crippen LogP contribution in [-0.4, -0.2) is 23.8 Å². The second kappa shape index (κ2) is 7.77. The number of hydrogen-bond donors (Lipinski definition) is 2. The summed E-state index contributed by atoms with van der Waals surface area (Å²) >= 11 is 0. The number of ether oxygens (including phenoxy) is 1. The third kappa shape index (κ3) is 5.21. The first-order valence-electron chi connectivity index (χ1n) is 9.74. The van der Waals surface area contributed by atoms with Gasteiger partial charge in [-0.3, -0.25) is 0 Å². The van der Waals surface area contributed by atoms with Crippen molar-refractivity contribution >= 4 is 6.09 Å². The second-order valence-electron chi connectivity index (χ2n) is 8.51. The highest BCUT2D eigenvalue weighted by Gasteiger charge is 2.27. The molecule has 1 aromatic carbocycles. The van der Waals surface area contributed by atoms with Crippen LogP contribution in [0.3, 0.4) is 0 Å². The van der Waals surface area contributed by atoms with E-state index in [-0.39, 0.29) is 12.1 Å². The van der Waals surface area contributed by atoms with Crippen LogP contribution in [0.25, 0.3) is 0 Å². The number of carbonyl (C=O) groups is 1. The zero-order chi connectivity index (χ0) is 17.9. The van der Waals surface area contributed by atoms with Gasteiger partial charge in [0.15, 0.2) is 0 Å². The molecule has 0 aliphatic heterocycles. The highest BCUT2D eigenvalue weighted by atomic mass is 16.6. The fraction of sp³-hybridized carbons (Fsp3) is 0.667. The normalized spacial score (nSPS) is 26.6. The van der Waals surface area contributed by atoms with Gasteiger partial charge in [-0.15, -0.1) is 0 Å². The van der Waals surface area contributed by atoms with E-state index in [1.807, 2.05) is 20.8 Å². The molecule has 1 aromatic rings. The molecule has 2 N–H and O–H groups in total. The molecule has 4 nitrogen and oxygen atoms in total. The van der Waals surface area contributed by atoms with Gasteiger partial charge >= 0.3 is 6.09 Å². The van der Waals surface area contributed by atoms with E-state index in [0.29, 0.717) is 12.1 Å². The van der Waals surface area contributed by atoms with Crippen LogP contribution < -0.4 is 10.6 Å². The lowest BCUT2D eigenvalue weighted by Crippen LogP contribution is -2.44. The third-order valence-corrected chi connectivity index (χ3v) is 5.25. The van der Waals surface area contributed by atoms with Gasteiger partial charge in [0.05, 0.1) is 0 Å². The quantitative estimate of drug-likeness (QED) is 0.849. The molecule has 2 aliphatic carbocycles.